The van der Waals surface area contributed by atoms with Crippen molar-refractivity contribution in [2.75, 3.05) is 23.3 Å². The average Bonchev–Trinajstić information content (AvgIpc) is 2.77. The summed E-state index contributed by atoms with van der Waals surface area (Å²) in [6, 6.07) is 17.6. The van der Waals surface area contributed by atoms with Crippen LogP contribution >= 0.6 is 0 Å². The molecule has 7 nitrogen and oxygen atoms in total. The topological polar surface area (TPSA) is 92.8 Å². The fourth-order valence-corrected chi connectivity index (χ4v) is 4.05. The Hall–Kier alpha value is -3.72. The number of hydrogen-bond donors (Lipinski definition) is 1. The molecule has 32 heavy (non-hydrogen) atoms. The quantitative estimate of drug-likeness (QED) is 0.547. The zero-order chi connectivity index (χ0) is 23.3. The highest BCUT2D eigenvalue weighted by atomic mass is 32.2. The smallest absolute Gasteiger partial charge is 0.338 e. The average molecular weight is 456 g/mol. The molecule has 0 aliphatic carbocycles. The van der Waals surface area contributed by atoms with Crippen molar-refractivity contribution in [3.63, 3.8) is 0 Å². The molecule has 0 spiro atoms. The van der Waals surface area contributed by atoms with Crippen LogP contribution in [-0.4, -0.2) is 33.9 Å². The molecule has 3 aromatic carbocycles. The Morgan fingerprint density at radius 2 is 1.69 bits per heavy atom. The van der Waals surface area contributed by atoms with E-state index in [0.29, 0.717) is 5.69 Å². The van der Waals surface area contributed by atoms with Crippen LogP contribution in [0.2, 0.25) is 0 Å². The van der Waals surface area contributed by atoms with Crippen LogP contribution in [-0.2, 0) is 19.6 Å². The minimum Gasteiger partial charge on any atom is -0.452 e. The zero-order valence-electron chi connectivity index (χ0n) is 17.4. The van der Waals surface area contributed by atoms with Crippen molar-refractivity contribution < 1.29 is 27.1 Å². The third-order valence-corrected chi connectivity index (χ3v) is 6.35. The molecule has 0 aliphatic rings. The molecular formula is C23H21FN2O5S. The first kappa shape index (κ1) is 23.0. The van der Waals surface area contributed by atoms with Gasteiger partial charge in [0, 0.05) is 12.7 Å². The minimum atomic E-state index is -3.93. The van der Waals surface area contributed by atoms with Crippen molar-refractivity contribution in [1.82, 2.24) is 0 Å². The summed E-state index contributed by atoms with van der Waals surface area (Å²) in [6.07, 6.45) is 0. The van der Waals surface area contributed by atoms with Gasteiger partial charge >= 0.3 is 5.97 Å². The van der Waals surface area contributed by atoms with E-state index in [1.165, 1.54) is 49.5 Å². The van der Waals surface area contributed by atoms with Crippen LogP contribution in [0.4, 0.5) is 15.8 Å². The molecule has 0 aromatic heterocycles. The summed E-state index contributed by atoms with van der Waals surface area (Å²) in [5, 5.41) is 2.40. The van der Waals surface area contributed by atoms with E-state index in [2.05, 4.69) is 5.32 Å². The maximum atomic E-state index is 13.2. The van der Waals surface area contributed by atoms with Crippen LogP contribution < -0.4 is 9.62 Å². The van der Waals surface area contributed by atoms with Gasteiger partial charge in [-0.3, -0.25) is 9.10 Å². The molecular weight excluding hydrogens is 435 g/mol. The number of amides is 1. The molecule has 0 heterocycles. The number of halogens is 1. The van der Waals surface area contributed by atoms with Crippen molar-refractivity contribution in [2.24, 2.45) is 0 Å². The van der Waals surface area contributed by atoms with E-state index < -0.39 is 34.3 Å². The molecule has 0 saturated carbocycles. The summed E-state index contributed by atoms with van der Waals surface area (Å²) in [5.74, 6) is -2.05. The van der Waals surface area contributed by atoms with E-state index in [4.69, 9.17) is 4.74 Å². The summed E-state index contributed by atoms with van der Waals surface area (Å²) >= 11 is 0. The van der Waals surface area contributed by atoms with Crippen molar-refractivity contribution >= 4 is 33.3 Å². The van der Waals surface area contributed by atoms with Gasteiger partial charge in [0.2, 0.25) is 0 Å². The normalized spacial score (nSPS) is 11.0. The Morgan fingerprint density at radius 3 is 2.38 bits per heavy atom. The number of hydrogen-bond acceptors (Lipinski definition) is 5. The second-order valence-electron chi connectivity index (χ2n) is 6.97. The lowest BCUT2D eigenvalue weighted by atomic mass is 10.2. The highest BCUT2D eigenvalue weighted by molar-refractivity contribution is 7.92. The molecule has 9 heteroatoms. The maximum Gasteiger partial charge on any atom is 0.338 e. The molecule has 3 rings (SSSR count). The predicted molar refractivity (Wildman–Crippen MR) is 119 cm³/mol. The number of nitrogens with zero attached hydrogens (tertiary/aromatic N) is 1. The van der Waals surface area contributed by atoms with E-state index in [0.717, 1.165) is 15.9 Å². The van der Waals surface area contributed by atoms with Crippen LogP contribution in [0.3, 0.4) is 0 Å². The first-order valence-corrected chi connectivity index (χ1v) is 11.0. The van der Waals surface area contributed by atoms with Crippen molar-refractivity contribution in [1.29, 1.82) is 0 Å². The largest absolute Gasteiger partial charge is 0.452 e. The number of sulfonamides is 1. The number of anilines is 2. The number of benzene rings is 3. The molecule has 0 aliphatic heterocycles. The van der Waals surface area contributed by atoms with Crippen molar-refractivity contribution in [3.8, 4) is 0 Å². The van der Waals surface area contributed by atoms with Gasteiger partial charge in [-0.1, -0.05) is 29.8 Å². The highest BCUT2D eigenvalue weighted by Gasteiger charge is 2.23. The molecule has 0 fully saturated rings. The van der Waals surface area contributed by atoms with Crippen LogP contribution in [0.15, 0.2) is 77.7 Å². The SMILES string of the molecule is Cc1ccc(N(C)S(=O)(=O)c2cccc(C(=O)OCC(=O)Nc3cccc(F)c3)c2)cc1. The first-order valence-electron chi connectivity index (χ1n) is 9.55. The van der Waals surface area contributed by atoms with Crippen LogP contribution in [0.1, 0.15) is 15.9 Å². The summed E-state index contributed by atoms with van der Waals surface area (Å²) in [5.41, 5.74) is 1.66. The van der Waals surface area contributed by atoms with Gasteiger partial charge in [-0.25, -0.2) is 17.6 Å². The fraction of sp³-hybridized carbons (Fsp3) is 0.130. The highest BCUT2D eigenvalue weighted by Crippen LogP contribution is 2.23. The first-order chi connectivity index (χ1) is 15.2. The summed E-state index contributed by atoms with van der Waals surface area (Å²) < 4.78 is 45.2. The molecule has 166 valence electrons. The number of esters is 1. The molecule has 1 N–H and O–H groups in total. The van der Waals surface area contributed by atoms with Crippen LogP contribution in [0.25, 0.3) is 0 Å². The van der Waals surface area contributed by atoms with Gasteiger partial charge in [0.05, 0.1) is 16.1 Å². The van der Waals surface area contributed by atoms with E-state index >= 15 is 0 Å². The molecule has 0 radical (unpaired) electrons. The Kier molecular flexibility index (Phi) is 6.89. The number of carbonyl (C=O) groups is 2. The Morgan fingerprint density at radius 1 is 1.00 bits per heavy atom. The van der Waals surface area contributed by atoms with Gasteiger partial charge in [-0.15, -0.1) is 0 Å². The zero-order valence-corrected chi connectivity index (χ0v) is 18.2. The lowest BCUT2D eigenvalue weighted by Crippen LogP contribution is -2.27. The molecule has 0 atom stereocenters. The molecule has 0 saturated heterocycles. The Labute approximate surface area is 185 Å². The standard InChI is InChI=1S/C23H21FN2O5S/c1-16-9-11-20(12-10-16)26(2)32(29,30)21-8-3-5-17(13-21)23(28)31-15-22(27)25-19-7-4-6-18(24)14-19/h3-14H,15H2,1-2H3,(H,25,27). The maximum absolute atomic E-state index is 13.2. The predicted octanol–water partition coefficient (Wildman–Crippen LogP) is 3.75. The molecule has 3 aromatic rings. The second-order valence-corrected chi connectivity index (χ2v) is 8.94. The number of ether oxygens (including phenoxy) is 1. The fourth-order valence-electron chi connectivity index (χ4n) is 2.81. The van der Waals surface area contributed by atoms with Gasteiger partial charge in [0.25, 0.3) is 15.9 Å². The van der Waals surface area contributed by atoms with E-state index in [1.807, 2.05) is 6.92 Å². The third kappa shape index (κ3) is 5.50. The van der Waals surface area contributed by atoms with Gasteiger partial charge in [0.15, 0.2) is 6.61 Å². The second kappa shape index (κ2) is 9.61. The summed E-state index contributed by atoms with van der Waals surface area (Å²) in [7, 11) is -2.51. The lowest BCUT2D eigenvalue weighted by Gasteiger charge is -2.20. The number of nitrogens with one attached hydrogen (secondary N) is 1. The lowest BCUT2D eigenvalue weighted by molar-refractivity contribution is -0.119. The Balaban J connectivity index is 1.68. The van der Waals surface area contributed by atoms with Gasteiger partial charge in [-0.2, -0.15) is 0 Å². The van der Waals surface area contributed by atoms with Crippen LogP contribution in [0, 0.1) is 12.7 Å². The molecule has 0 unspecified atom stereocenters. The number of rotatable bonds is 7. The van der Waals surface area contributed by atoms with E-state index in [1.54, 1.807) is 24.3 Å². The molecule has 0 bridgehead atoms. The van der Waals surface area contributed by atoms with Gasteiger partial charge in [0.1, 0.15) is 5.82 Å². The monoisotopic (exact) mass is 456 g/mol. The molecule has 1 amide bonds. The Bertz CT molecular complexity index is 1240. The summed E-state index contributed by atoms with van der Waals surface area (Å²) in [4.78, 5) is 24.2. The van der Waals surface area contributed by atoms with Crippen LogP contribution in [0.5, 0.6) is 0 Å². The van der Waals surface area contributed by atoms with E-state index in [9.17, 15) is 22.4 Å². The minimum absolute atomic E-state index is 0.0260. The third-order valence-electron chi connectivity index (χ3n) is 4.57. The van der Waals surface area contributed by atoms with E-state index in [-0.39, 0.29) is 16.1 Å². The van der Waals surface area contributed by atoms with Crippen molar-refractivity contribution in [3.05, 3.63) is 89.7 Å². The number of aryl methyl sites for hydroxylation is 1. The van der Waals surface area contributed by atoms with Gasteiger partial charge in [-0.05, 0) is 55.5 Å². The summed E-state index contributed by atoms with van der Waals surface area (Å²) in [6.45, 7) is 1.28. The van der Waals surface area contributed by atoms with Crippen molar-refractivity contribution in [2.45, 2.75) is 11.8 Å². The number of carbonyl (C=O) groups excluding carboxylic acids is 2. The van der Waals surface area contributed by atoms with Gasteiger partial charge < -0.3 is 10.1 Å².